The summed E-state index contributed by atoms with van der Waals surface area (Å²) in [6.07, 6.45) is 3.04. The van der Waals surface area contributed by atoms with Crippen LogP contribution < -0.4 is 27.2 Å². The van der Waals surface area contributed by atoms with Crippen LogP contribution in [0.25, 0.3) is 16.6 Å². The molecule has 0 radical (unpaired) electrons. The Balaban J connectivity index is 0.00000274. The molecular weight excluding hydrogens is 452 g/mol. The van der Waals surface area contributed by atoms with E-state index in [4.69, 9.17) is 9.47 Å². The first-order valence-corrected chi connectivity index (χ1v) is 10.8. The Bertz CT molecular complexity index is 1350. The van der Waals surface area contributed by atoms with Gasteiger partial charge in [-0.1, -0.05) is 47.6 Å². The lowest BCUT2D eigenvalue weighted by atomic mass is 10.1. The lowest BCUT2D eigenvalue weighted by molar-refractivity contribution is -0.00000759. The SMILES string of the molecule is COc1cc(CNCCc2c[nH]c3ccccc23)ccc1Oc1nnnn1-c1ccccc1.[Cl-]. The van der Waals surface area contributed by atoms with Gasteiger partial charge in [-0.05, 0) is 64.9 Å². The molecule has 0 saturated heterocycles. The Hall–Kier alpha value is -3.88. The van der Waals surface area contributed by atoms with E-state index in [-0.39, 0.29) is 18.4 Å². The van der Waals surface area contributed by atoms with Gasteiger partial charge in [-0.3, -0.25) is 0 Å². The van der Waals surface area contributed by atoms with Gasteiger partial charge < -0.3 is 32.2 Å². The van der Waals surface area contributed by atoms with Gasteiger partial charge in [-0.2, -0.15) is 4.68 Å². The average Bonchev–Trinajstić information content (AvgIpc) is 3.50. The number of para-hydroxylation sites is 2. The number of aromatic amines is 1. The number of aromatic nitrogens is 5. The molecule has 2 N–H and O–H groups in total. The predicted molar refractivity (Wildman–Crippen MR) is 126 cm³/mol. The van der Waals surface area contributed by atoms with E-state index in [1.165, 1.54) is 16.5 Å². The third kappa shape index (κ3) is 5.03. The fourth-order valence-electron chi connectivity index (χ4n) is 3.77. The van der Waals surface area contributed by atoms with Crippen LogP contribution in [-0.2, 0) is 13.0 Å². The maximum atomic E-state index is 5.97. The van der Waals surface area contributed by atoms with Gasteiger partial charge in [0.25, 0.3) is 0 Å². The van der Waals surface area contributed by atoms with Crippen molar-refractivity contribution in [3.8, 4) is 23.2 Å². The molecule has 0 spiro atoms. The van der Waals surface area contributed by atoms with Crippen LogP contribution in [0, 0.1) is 0 Å². The number of fused-ring (bicyclic) bond motifs is 1. The zero-order valence-electron chi connectivity index (χ0n) is 18.6. The summed E-state index contributed by atoms with van der Waals surface area (Å²) in [7, 11) is 1.62. The van der Waals surface area contributed by atoms with Gasteiger partial charge in [0.05, 0.1) is 12.8 Å². The highest BCUT2D eigenvalue weighted by Crippen LogP contribution is 2.32. The maximum Gasteiger partial charge on any atom is 0.346 e. The molecule has 34 heavy (non-hydrogen) atoms. The molecular formula is C25H24ClN6O2-. The van der Waals surface area contributed by atoms with E-state index in [1.54, 1.807) is 11.8 Å². The molecule has 0 fully saturated rings. The van der Waals surface area contributed by atoms with Crippen molar-refractivity contribution >= 4 is 10.9 Å². The van der Waals surface area contributed by atoms with E-state index >= 15 is 0 Å². The summed E-state index contributed by atoms with van der Waals surface area (Å²) >= 11 is 0. The molecule has 3 aromatic carbocycles. The van der Waals surface area contributed by atoms with E-state index in [1.807, 2.05) is 54.6 Å². The minimum Gasteiger partial charge on any atom is -1.00 e. The largest absolute Gasteiger partial charge is 1.00 e. The monoisotopic (exact) mass is 475 g/mol. The number of rotatable bonds is 9. The lowest BCUT2D eigenvalue weighted by Gasteiger charge is -2.12. The molecule has 0 saturated carbocycles. The zero-order chi connectivity index (χ0) is 22.5. The standard InChI is InChI=1S/C25H24N6O2.ClH/c1-32-24-15-18(16-26-14-13-19-17-27-22-10-6-5-9-21(19)22)11-12-23(24)33-25-28-29-30-31(25)20-7-3-2-4-8-20;/h2-12,15,17,26-27H,13-14,16H2,1H3;1H/p-1. The summed E-state index contributed by atoms with van der Waals surface area (Å²) in [5.41, 5.74) is 4.40. The number of hydrogen-bond acceptors (Lipinski definition) is 6. The fourth-order valence-corrected chi connectivity index (χ4v) is 3.77. The second-order valence-electron chi connectivity index (χ2n) is 7.58. The first-order chi connectivity index (χ1) is 16.3. The number of hydrogen-bond donors (Lipinski definition) is 2. The van der Waals surface area contributed by atoms with Crippen molar-refractivity contribution < 1.29 is 21.9 Å². The Morgan fingerprint density at radius 3 is 2.65 bits per heavy atom. The van der Waals surface area contributed by atoms with Crippen molar-refractivity contribution in [3.63, 3.8) is 0 Å². The summed E-state index contributed by atoms with van der Waals surface area (Å²) in [5.74, 6) is 1.17. The molecule has 2 heterocycles. The second kappa shape index (κ2) is 10.8. The highest BCUT2D eigenvalue weighted by molar-refractivity contribution is 5.83. The summed E-state index contributed by atoms with van der Waals surface area (Å²) in [5, 5.41) is 16.5. The van der Waals surface area contributed by atoms with Gasteiger partial charge in [0.1, 0.15) is 0 Å². The highest BCUT2D eigenvalue weighted by atomic mass is 35.5. The van der Waals surface area contributed by atoms with Gasteiger partial charge in [-0.15, -0.1) is 0 Å². The fraction of sp³-hybridized carbons (Fsp3) is 0.160. The van der Waals surface area contributed by atoms with Crippen molar-refractivity contribution in [2.24, 2.45) is 0 Å². The Labute approximate surface area is 203 Å². The van der Waals surface area contributed by atoms with E-state index < -0.39 is 0 Å². The predicted octanol–water partition coefficient (Wildman–Crippen LogP) is 1.28. The number of nitrogens with zero attached hydrogens (tertiary/aromatic N) is 4. The molecule has 0 aliphatic carbocycles. The van der Waals surface area contributed by atoms with Crippen LogP contribution in [0.5, 0.6) is 17.5 Å². The molecule has 0 bridgehead atoms. The normalized spacial score (nSPS) is 10.7. The highest BCUT2D eigenvalue weighted by Gasteiger charge is 2.14. The number of ether oxygens (including phenoxy) is 2. The van der Waals surface area contributed by atoms with Crippen LogP contribution in [0.15, 0.2) is 79.0 Å². The van der Waals surface area contributed by atoms with Gasteiger partial charge in [0, 0.05) is 23.6 Å². The molecule has 0 atom stereocenters. The number of halogens is 1. The molecule has 5 rings (SSSR count). The average molecular weight is 476 g/mol. The summed E-state index contributed by atoms with van der Waals surface area (Å²) < 4.78 is 13.1. The third-order valence-electron chi connectivity index (χ3n) is 5.45. The summed E-state index contributed by atoms with van der Waals surface area (Å²) in [6.45, 7) is 1.59. The second-order valence-corrected chi connectivity index (χ2v) is 7.58. The van der Waals surface area contributed by atoms with Crippen LogP contribution in [0.2, 0.25) is 0 Å². The molecule has 0 amide bonds. The van der Waals surface area contributed by atoms with Crippen molar-refractivity contribution in [1.29, 1.82) is 0 Å². The van der Waals surface area contributed by atoms with Crippen molar-refractivity contribution in [2.45, 2.75) is 13.0 Å². The molecule has 8 nitrogen and oxygen atoms in total. The Kier molecular flexibility index (Phi) is 7.41. The molecule has 9 heteroatoms. The number of nitrogens with one attached hydrogen (secondary N) is 2. The van der Waals surface area contributed by atoms with E-state index in [2.05, 4.69) is 50.2 Å². The van der Waals surface area contributed by atoms with Gasteiger partial charge in [0.15, 0.2) is 11.5 Å². The van der Waals surface area contributed by atoms with Crippen molar-refractivity contribution in [3.05, 3.63) is 90.1 Å². The maximum absolute atomic E-state index is 5.97. The number of benzene rings is 3. The number of tetrazole rings is 1. The van der Waals surface area contributed by atoms with E-state index in [0.29, 0.717) is 11.5 Å². The third-order valence-corrected chi connectivity index (χ3v) is 5.45. The van der Waals surface area contributed by atoms with Crippen LogP contribution >= 0.6 is 0 Å². The lowest BCUT2D eigenvalue weighted by Crippen LogP contribution is -3.00. The molecule has 2 aromatic heterocycles. The van der Waals surface area contributed by atoms with Crippen LogP contribution in [0.4, 0.5) is 0 Å². The number of methoxy groups -OCH3 is 1. The van der Waals surface area contributed by atoms with Crippen molar-refractivity contribution in [1.82, 2.24) is 30.5 Å². The molecule has 0 aliphatic rings. The van der Waals surface area contributed by atoms with Crippen LogP contribution in [0.3, 0.4) is 0 Å². The zero-order valence-corrected chi connectivity index (χ0v) is 19.4. The van der Waals surface area contributed by atoms with Gasteiger partial charge in [-0.25, -0.2) is 0 Å². The van der Waals surface area contributed by atoms with Crippen LogP contribution in [0.1, 0.15) is 11.1 Å². The first kappa shape index (κ1) is 23.3. The Morgan fingerprint density at radius 2 is 1.79 bits per heavy atom. The molecule has 0 aliphatic heterocycles. The molecule has 5 aromatic rings. The van der Waals surface area contributed by atoms with Crippen molar-refractivity contribution in [2.75, 3.05) is 13.7 Å². The quantitative estimate of drug-likeness (QED) is 0.312. The molecule has 174 valence electrons. The minimum absolute atomic E-state index is 0. The summed E-state index contributed by atoms with van der Waals surface area (Å²) in [4.78, 5) is 3.33. The first-order valence-electron chi connectivity index (χ1n) is 10.8. The number of H-pyrrole nitrogens is 1. The Morgan fingerprint density at radius 1 is 0.971 bits per heavy atom. The van der Waals surface area contributed by atoms with E-state index in [9.17, 15) is 0 Å². The smallest absolute Gasteiger partial charge is 0.346 e. The van der Waals surface area contributed by atoms with E-state index in [0.717, 1.165) is 30.8 Å². The topological polar surface area (TPSA) is 89.9 Å². The molecule has 0 unspecified atom stereocenters. The van der Waals surface area contributed by atoms with Crippen LogP contribution in [-0.4, -0.2) is 38.8 Å². The van der Waals surface area contributed by atoms with Gasteiger partial charge >= 0.3 is 6.01 Å². The summed E-state index contributed by atoms with van der Waals surface area (Å²) in [6, 6.07) is 24.1. The minimum atomic E-state index is 0. The van der Waals surface area contributed by atoms with Gasteiger partial charge in [0.2, 0.25) is 0 Å².